The Morgan fingerprint density at radius 1 is 1.67 bits per heavy atom. The van der Waals surface area contributed by atoms with E-state index in [1.165, 1.54) is 0 Å². The van der Waals surface area contributed by atoms with Crippen molar-refractivity contribution in [1.29, 1.82) is 0 Å². The highest BCUT2D eigenvalue weighted by Crippen LogP contribution is 2.04. The number of aliphatic hydroxyl groups is 1. The van der Waals surface area contributed by atoms with E-state index < -0.39 is 0 Å². The molecule has 0 radical (unpaired) electrons. The first-order valence-corrected chi connectivity index (χ1v) is 4.42. The molecule has 0 saturated carbocycles. The van der Waals surface area contributed by atoms with Gasteiger partial charge in [0, 0.05) is 19.6 Å². The molecule has 12 heavy (non-hydrogen) atoms. The van der Waals surface area contributed by atoms with Crippen LogP contribution in [0.4, 0.5) is 0 Å². The molecule has 0 spiro atoms. The molecular weight excluding hydrogens is 154 g/mol. The first-order chi connectivity index (χ1) is 5.86. The van der Waals surface area contributed by atoms with Crippen LogP contribution in [-0.4, -0.2) is 49.0 Å². The minimum absolute atomic E-state index is 0.0172. The minimum atomic E-state index is 0.0172. The second kappa shape index (κ2) is 5.30. The fourth-order valence-corrected chi connectivity index (χ4v) is 1.37. The molecule has 0 aromatic rings. The maximum absolute atomic E-state index is 8.86. The standard InChI is InChI=1S/C9H17NO2/c1-2-3-4-10-5-6-12-9(7-10)8-11/h2,9,11H,1,3-8H2. The van der Waals surface area contributed by atoms with Crippen molar-refractivity contribution in [3.05, 3.63) is 12.7 Å². The van der Waals surface area contributed by atoms with Gasteiger partial charge < -0.3 is 9.84 Å². The second-order valence-electron chi connectivity index (χ2n) is 3.05. The Labute approximate surface area is 73.6 Å². The summed E-state index contributed by atoms with van der Waals surface area (Å²) in [6.07, 6.45) is 2.95. The van der Waals surface area contributed by atoms with Gasteiger partial charge in [-0.15, -0.1) is 6.58 Å². The lowest BCUT2D eigenvalue weighted by Gasteiger charge is -2.31. The van der Waals surface area contributed by atoms with Gasteiger partial charge in [0.2, 0.25) is 0 Å². The van der Waals surface area contributed by atoms with Crippen LogP contribution in [0.2, 0.25) is 0 Å². The average Bonchev–Trinajstić information content (AvgIpc) is 2.15. The molecule has 1 heterocycles. The molecule has 1 N–H and O–H groups in total. The van der Waals surface area contributed by atoms with E-state index in [2.05, 4.69) is 11.5 Å². The Hall–Kier alpha value is -0.380. The summed E-state index contributed by atoms with van der Waals surface area (Å²) in [5.74, 6) is 0. The lowest BCUT2D eigenvalue weighted by Crippen LogP contribution is -2.44. The third-order valence-electron chi connectivity index (χ3n) is 2.08. The molecule has 0 bridgehead atoms. The van der Waals surface area contributed by atoms with E-state index >= 15 is 0 Å². The molecule has 1 unspecified atom stereocenters. The molecule has 1 rings (SSSR count). The fraction of sp³-hybridized carbons (Fsp3) is 0.778. The van der Waals surface area contributed by atoms with Gasteiger partial charge in [-0.25, -0.2) is 0 Å². The number of nitrogens with zero attached hydrogens (tertiary/aromatic N) is 1. The van der Waals surface area contributed by atoms with Crippen molar-refractivity contribution in [3.63, 3.8) is 0 Å². The summed E-state index contributed by atoms with van der Waals surface area (Å²) in [6, 6.07) is 0. The Balaban J connectivity index is 2.20. The van der Waals surface area contributed by atoms with Gasteiger partial charge >= 0.3 is 0 Å². The summed E-state index contributed by atoms with van der Waals surface area (Å²) in [4.78, 5) is 2.30. The fourth-order valence-electron chi connectivity index (χ4n) is 1.37. The molecule has 1 aliphatic heterocycles. The molecule has 0 aromatic carbocycles. The molecular formula is C9H17NO2. The highest BCUT2D eigenvalue weighted by atomic mass is 16.5. The van der Waals surface area contributed by atoms with Gasteiger partial charge in [-0.1, -0.05) is 6.08 Å². The van der Waals surface area contributed by atoms with Crippen LogP contribution >= 0.6 is 0 Å². The third-order valence-corrected chi connectivity index (χ3v) is 2.08. The molecule has 1 saturated heterocycles. The number of aliphatic hydroxyl groups excluding tert-OH is 1. The number of hydrogen-bond acceptors (Lipinski definition) is 3. The quantitative estimate of drug-likeness (QED) is 0.616. The van der Waals surface area contributed by atoms with Crippen molar-refractivity contribution in [2.24, 2.45) is 0 Å². The summed E-state index contributed by atoms with van der Waals surface area (Å²) < 4.78 is 5.32. The zero-order chi connectivity index (χ0) is 8.81. The average molecular weight is 171 g/mol. The number of hydrogen-bond donors (Lipinski definition) is 1. The minimum Gasteiger partial charge on any atom is -0.394 e. The van der Waals surface area contributed by atoms with Gasteiger partial charge in [0.25, 0.3) is 0 Å². The second-order valence-corrected chi connectivity index (χ2v) is 3.05. The number of ether oxygens (including phenoxy) is 1. The van der Waals surface area contributed by atoms with Crippen LogP contribution in [0.1, 0.15) is 6.42 Å². The zero-order valence-electron chi connectivity index (χ0n) is 7.41. The third kappa shape index (κ3) is 2.93. The monoisotopic (exact) mass is 171 g/mol. The predicted octanol–water partition coefficient (Wildman–Crippen LogP) is 0.256. The normalized spacial score (nSPS) is 25.6. The maximum atomic E-state index is 8.86. The number of morpholine rings is 1. The van der Waals surface area contributed by atoms with Crippen LogP contribution in [0.25, 0.3) is 0 Å². The molecule has 0 aromatic heterocycles. The molecule has 1 fully saturated rings. The molecule has 3 nitrogen and oxygen atoms in total. The topological polar surface area (TPSA) is 32.7 Å². The van der Waals surface area contributed by atoms with Gasteiger partial charge in [0.1, 0.15) is 0 Å². The van der Waals surface area contributed by atoms with Crippen LogP contribution < -0.4 is 0 Å². The van der Waals surface area contributed by atoms with E-state index in [4.69, 9.17) is 9.84 Å². The number of rotatable bonds is 4. The Morgan fingerprint density at radius 3 is 3.17 bits per heavy atom. The maximum Gasteiger partial charge on any atom is 0.0932 e. The Kier molecular flexibility index (Phi) is 4.29. The first kappa shape index (κ1) is 9.71. The molecule has 1 aliphatic rings. The van der Waals surface area contributed by atoms with Crippen molar-refractivity contribution >= 4 is 0 Å². The van der Waals surface area contributed by atoms with Crippen LogP contribution in [0, 0.1) is 0 Å². The van der Waals surface area contributed by atoms with Crippen LogP contribution in [0.15, 0.2) is 12.7 Å². The Bertz CT molecular complexity index is 138. The van der Waals surface area contributed by atoms with E-state index in [1.54, 1.807) is 0 Å². The van der Waals surface area contributed by atoms with Crippen molar-refractivity contribution in [2.75, 3.05) is 32.8 Å². The summed E-state index contributed by atoms with van der Waals surface area (Å²) in [5, 5.41) is 8.86. The van der Waals surface area contributed by atoms with E-state index in [0.29, 0.717) is 0 Å². The summed E-state index contributed by atoms with van der Waals surface area (Å²) >= 11 is 0. The van der Waals surface area contributed by atoms with Crippen molar-refractivity contribution < 1.29 is 9.84 Å². The van der Waals surface area contributed by atoms with Crippen LogP contribution in [0.3, 0.4) is 0 Å². The predicted molar refractivity (Wildman–Crippen MR) is 48.1 cm³/mol. The van der Waals surface area contributed by atoms with Crippen LogP contribution in [0.5, 0.6) is 0 Å². The van der Waals surface area contributed by atoms with Gasteiger partial charge in [-0.05, 0) is 6.42 Å². The van der Waals surface area contributed by atoms with Crippen LogP contribution in [-0.2, 0) is 4.74 Å². The zero-order valence-corrected chi connectivity index (χ0v) is 7.41. The molecule has 3 heteroatoms. The summed E-state index contributed by atoms with van der Waals surface area (Å²) in [5.41, 5.74) is 0. The summed E-state index contributed by atoms with van der Waals surface area (Å²) in [6.45, 7) is 7.40. The van der Waals surface area contributed by atoms with E-state index in [9.17, 15) is 0 Å². The SMILES string of the molecule is C=CCCN1CCOC(CO)C1. The molecule has 70 valence electrons. The Morgan fingerprint density at radius 2 is 2.50 bits per heavy atom. The van der Waals surface area contributed by atoms with E-state index in [0.717, 1.165) is 32.7 Å². The van der Waals surface area contributed by atoms with Gasteiger partial charge in [0.05, 0.1) is 19.3 Å². The highest BCUT2D eigenvalue weighted by molar-refractivity contribution is 4.74. The van der Waals surface area contributed by atoms with E-state index in [1.807, 2.05) is 6.08 Å². The summed E-state index contributed by atoms with van der Waals surface area (Å²) in [7, 11) is 0. The van der Waals surface area contributed by atoms with Crippen molar-refractivity contribution in [2.45, 2.75) is 12.5 Å². The lowest BCUT2D eigenvalue weighted by molar-refractivity contribution is -0.0521. The lowest BCUT2D eigenvalue weighted by atomic mass is 10.2. The van der Waals surface area contributed by atoms with Gasteiger partial charge in [-0.3, -0.25) is 4.90 Å². The highest BCUT2D eigenvalue weighted by Gasteiger charge is 2.18. The van der Waals surface area contributed by atoms with Gasteiger partial charge in [-0.2, -0.15) is 0 Å². The van der Waals surface area contributed by atoms with Crippen molar-refractivity contribution in [3.8, 4) is 0 Å². The first-order valence-electron chi connectivity index (χ1n) is 4.42. The smallest absolute Gasteiger partial charge is 0.0932 e. The molecule has 1 atom stereocenters. The van der Waals surface area contributed by atoms with Crippen molar-refractivity contribution in [1.82, 2.24) is 4.90 Å². The van der Waals surface area contributed by atoms with Gasteiger partial charge in [0.15, 0.2) is 0 Å². The largest absolute Gasteiger partial charge is 0.394 e. The molecule has 0 aliphatic carbocycles. The molecule has 0 amide bonds. The van der Waals surface area contributed by atoms with E-state index in [-0.39, 0.29) is 12.7 Å².